The van der Waals surface area contributed by atoms with E-state index in [0.29, 0.717) is 18.4 Å². The predicted molar refractivity (Wildman–Crippen MR) is 161 cm³/mol. The molecule has 0 spiro atoms. The highest BCUT2D eigenvalue weighted by atomic mass is 16.9. The van der Waals surface area contributed by atoms with E-state index < -0.39 is 17.1 Å². The molecule has 0 aliphatic heterocycles. The summed E-state index contributed by atoms with van der Waals surface area (Å²) in [6.45, 7) is 3.21. The normalized spacial score (nSPS) is 13.7. The van der Waals surface area contributed by atoms with Crippen LogP contribution in [-0.4, -0.2) is 23.0 Å². The lowest BCUT2D eigenvalue weighted by Crippen LogP contribution is -2.40. The number of hydrogen-bond donors (Lipinski definition) is 1. The van der Waals surface area contributed by atoms with E-state index in [1.807, 2.05) is 19.1 Å². The number of nitrogens with one attached hydrogen (secondary N) is 1. The van der Waals surface area contributed by atoms with Crippen LogP contribution in [0.2, 0.25) is 0 Å². The first-order valence-electron chi connectivity index (χ1n) is 14.9. The second-order valence-electron chi connectivity index (χ2n) is 10.6. The van der Waals surface area contributed by atoms with Gasteiger partial charge in [0.15, 0.2) is 0 Å². The van der Waals surface area contributed by atoms with E-state index in [-0.39, 0.29) is 18.3 Å². The molecule has 0 heterocycles. The number of carbonyl (C=O) groups is 2. The highest BCUT2D eigenvalue weighted by Crippen LogP contribution is 2.29. The molecule has 1 aliphatic carbocycles. The second-order valence-corrected chi connectivity index (χ2v) is 10.6. The highest BCUT2D eigenvalue weighted by molar-refractivity contribution is 5.85. The Hall–Kier alpha value is -3.68. The van der Waals surface area contributed by atoms with Gasteiger partial charge in [-0.15, -0.1) is 10.1 Å². The summed E-state index contributed by atoms with van der Waals surface area (Å²) in [7, 11) is 0. The van der Waals surface area contributed by atoms with Crippen molar-refractivity contribution in [1.82, 2.24) is 5.32 Å². The van der Waals surface area contributed by atoms with Gasteiger partial charge in [0.1, 0.15) is 18.4 Å². The molecular weight excluding hydrogens is 520 g/mol. The van der Waals surface area contributed by atoms with Crippen LogP contribution in [0.1, 0.15) is 95.6 Å². The Morgan fingerprint density at radius 2 is 1.76 bits per heavy atom. The van der Waals surface area contributed by atoms with Crippen molar-refractivity contribution in [3.8, 4) is 5.75 Å². The maximum absolute atomic E-state index is 12.0. The number of esters is 1. The van der Waals surface area contributed by atoms with Crippen molar-refractivity contribution in [3.63, 3.8) is 0 Å². The average Bonchev–Trinajstić information content (AvgIpc) is 3.49. The summed E-state index contributed by atoms with van der Waals surface area (Å²) >= 11 is 0. The topological polar surface area (TPSA) is 108 Å². The minimum Gasteiger partial charge on any atom is -0.425 e. The number of ether oxygens (including phenoxy) is 1. The molecule has 0 radical (unpaired) electrons. The molecule has 1 N–H and O–H groups in total. The molecule has 1 unspecified atom stereocenters. The van der Waals surface area contributed by atoms with Gasteiger partial charge in [-0.2, -0.15) is 0 Å². The van der Waals surface area contributed by atoms with Crippen molar-refractivity contribution in [3.05, 3.63) is 88.0 Å². The fourth-order valence-electron chi connectivity index (χ4n) is 4.83. The molecule has 3 rings (SSSR count). The van der Waals surface area contributed by atoms with Gasteiger partial charge in [0.2, 0.25) is 5.91 Å². The third-order valence-electron chi connectivity index (χ3n) is 7.09. The number of amides is 1. The Bertz CT molecular complexity index is 1070. The van der Waals surface area contributed by atoms with Crippen LogP contribution in [0.5, 0.6) is 5.75 Å². The monoisotopic (exact) mass is 566 g/mol. The molecule has 1 saturated carbocycles. The highest BCUT2D eigenvalue weighted by Gasteiger charge is 2.18. The van der Waals surface area contributed by atoms with Crippen molar-refractivity contribution in [1.29, 1.82) is 0 Å². The van der Waals surface area contributed by atoms with Gasteiger partial charge in [-0.25, -0.2) is 4.79 Å². The van der Waals surface area contributed by atoms with Crippen molar-refractivity contribution in [2.75, 3.05) is 0 Å². The summed E-state index contributed by atoms with van der Waals surface area (Å²) in [5.74, 6) is 0.469. The third kappa shape index (κ3) is 15.6. The molecule has 1 amide bonds. The van der Waals surface area contributed by atoms with Crippen molar-refractivity contribution in [2.24, 2.45) is 5.92 Å². The van der Waals surface area contributed by atoms with E-state index in [0.717, 1.165) is 12.3 Å². The Morgan fingerprint density at radius 3 is 2.46 bits per heavy atom. The van der Waals surface area contributed by atoms with Gasteiger partial charge in [0.05, 0.1) is 0 Å². The van der Waals surface area contributed by atoms with Gasteiger partial charge in [-0.1, -0.05) is 99.6 Å². The number of carbonyl (C=O) groups excluding carboxylic acids is 2. The van der Waals surface area contributed by atoms with E-state index in [1.165, 1.54) is 76.3 Å². The molecule has 1 atom stereocenters. The van der Waals surface area contributed by atoms with Crippen LogP contribution < -0.4 is 10.1 Å². The van der Waals surface area contributed by atoms with Crippen LogP contribution in [0, 0.1) is 16.0 Å². The average molecular weight is 567 g/mol. The molecule has 1 fully saturated rings. The zero-order valence-electron chi connectivity index (χ0n) is 24.6. The van der Waals surface area contributed by atoms with E-state index in [2.05, 4.69) is 40.5 Å². The SMILES string of the molecule is C/C=C\CCCC(=O)NC(C)C(=O)Oc1cccc(CO[N+](=O)[O-])c1.c1ccc(CCCCCC2CCCC2)cc1. The summed E-state index contributed by atoms with van der Waals surface area (Å²) < 4.78 is 5.18. The smallest absolute Gasteiger partial charge is 0.333 e. The molecule has 41 heavy (non-hydrogen) atoms. The van der Waals surface area contributed by atoms with Gasteiger partial charge in [-0.3, -0.25) is 4.79 Å². The Kier molecular flexibility index (Phi) is 16.5. The van der Waals surface area contributed by atoms with Crippen molar-refractivity contribution in [2.45, 2.75) is 104 Å². The van der Waals surface area contributed by atoms with Gasteiger partial charge < -0.3 is 14.9 Å². The van der Waals surface area contributed by atoms with Crippen LogP contribution in [0.4, 0.5) is 0 Å². The first kappa shape index (κ1) is 33.5. The van der Waals surface area contributed by atoms with E-state index in [9.17, 15) is 19.7 Å². The zero-order chi connectivity index (χ0) is 29.7. The van der Waals surface area contributed by atoms with Crippen LogP contribution in [0.15, 0.2) is 66.7 Å². The fourth-order valence-corrected chi connectivity index (χ4v) is 4.83. The van der Waals surface area contributed by atoms with E-state index in [4.69, 9.17) is 4.74 Å². The molecule has 0 saturated heterocycles. The largest absolute Gasteiger partial charge is 0.425 e. The van der Waals surface area contributed by atoms with E-state index in [1.54, 1.807) is 18.2 Å². The maximum atomic E-state index is 12.0. The second kappa shape index (κ2) is 20.2. The summed E-state index contributed by atoms with van der Waals surface area (Å²) in [6, 6.07) is 16.3. The van der Waals surface area contributed by atoms with Gasteiger partial charge in [0.25, 0.3) is 5.09 Å². The molecule has 2 aromatic carbocycles. The first-order chi connectivity index (χ1) is 19.9. The lowest BCUT2D eigenvalue weighted by atomic mass is 9.98. The molecule has 224 valence electrons. The zero-order valence-corrected chi connectivity index (χ0v) is 24.6. The van der Waals surface area contributed by atoms with Crippen LogP contribution in [0.3, 0.4) is 0 Å². The minimum atomic E-state index is -0.896. The number of allylic oxidation sites excluding steroid dienone is 2. The first-order valence-corrected chi connectivity index (χ1v) is 14.9. The summed E-state index contributed by atoms with van der Waals surface area (Å²) in [4.78, 5) is 38.2. The number of aryl methyl sites for hydroxylation is 1. The van der Waals surface area contributed by atoms with Crippen LogP contribution in [-0.2, 0) is 27.5 Å². The number of rotatable bonds is 16. The molecule has 1 aliphatic rings. The standard InChI is InChI=1S/C17H22N2O6.C16H24/c1-3-4-5-6-10-16(20)18-13(2)17(21)25-15-9-7-8-14(11-15)12-24-19(22)23;1-3-9-15(10-4-1)11-5-2-6-12-16-13-7-8-14-16/h3-4,7-9,11,13H,5-6,10,12H2,1-2H3,(H,18,20);1,3-4,9-10,16H,2,5-8,11-14H2/b4-3-;. The number of hydrogen-bond acceptors (Lipinski definition) is 6. The van der Waals surface area contributed by atoms with Crippen LogP contribution >= 0.6 is 0 Å². The number of nitrogens with zero attached hydrogens (tertiary/aromatic N) is 1. The van der Waals surface area contributed by atoms with Gasteiger partial charge in [0, 0.05) is 6.42 Å². The summed E-state index contributed by atoms with van der Waals surface area (Å²) in [5, 5.41) is 11.9. The maximum Gasteiger partial charge on any atom is 0.333 e. The Balaban J connectivity index is 0.000000314. The molecule has 2 aromatic rings. The Morgan fingerprint density at radius 1 is 1.02 bits per heavy atom. The molecule has 0 bridgehead atoms. The van der Waals surface area contributed by atoms with E-state index >= 15 is 0 Å². The molecule has 8 nitrogen and oxygen atoms in total. The lowest BCUT2D eigenvalue weighted by Gasteiger charge is -2.13. The van der Waals surface area contributed by atoms with Gasteiger partial charge >= 0.3 is 5.97 Å². The van der Waals surface area contributed by atoms with Gasteiger partial charge in [-0.05, 0) is 68.7 Å². The quantitative estimate of drug-likeness (QED) is 0.0562. The van der Waals surface area contributed by atoms with Crippen molar-refractivity contribution >= 4 is 11.9 Å². The summed E-state index contributed by atoms with van der Waals surface area (Å²) in [5.41, 5.74) is 1.99. The van der Waals surface area contributed by atoms with Crippen LogP contribution in [0.25, 0.3) is 0 Å². The predicted octanol–water partition coefficient (Wildman–Crippen LogP) is 7.53. The molecule has 8 heteroatoms. The minimum absolute atomic E-state index is 0.220. The molecule has 0 aromatic heterocycles. The lowest BCUT2D eigenvalue weighted by molar-refractivity contribution is -0.763. The summed E-state index contributed by atoms with van der Waals surface area (Å²) in [6.07, 6.45) is 18.8. The number of unbranched alkanes of at least 4 members (excludes halogenated alkanes) is 3. The third-order valence-corrected chi connectivity index (χ3v) is 7.09. The molecular formula is C33H46N2O6. The van der Waals surface area contributed by atoms with Crippen molar-refractivity contribution < 1.29 is 24.3 Å². The Labute approximate surface area is 244 Å². The fraction of sp³-hybridized carbons (Fsp3) is 0.515. The number of benzene rings is 2.